The molecule has 21 heavy (non-hydrogen) atoms. The Balaban J connectivity index is 1.75. The minimum Gasteiger partial charge on any atom is -0.383 e. The molecular formula is C18H30N2O. The van der Waals surface area contributed by atoms with Crippen LogP contribution in [0.1, 0.15) is 44.2 Å². The molecule has 0 heterocycles. The number of nitrogens with zero attached hydrogens (tertiary/aromatic N) is 1. The molecule has 1 aromatic rings. The van der Waals surface area contributed by atoms with Gasteiger partial charge < -0.3 is 10.5 Å². The van der Waals surface area contributed by atoms with Gasteiger partial charge in [0.05, 0.1) is 6.61 Å². The van der Waals surface area contributed by atoms with Crippen LogP contribution in [0, 0.1) is 5.92 Å². The van der Waals surface area contributed by atoms with Crippen molar-refractivity contribution in [3.8, 4) is 0 Å². The number of methoxy groups -OCH3 is 1. The van der Waals surface area contributed by atoms with E-state index in [0.29, 0.717) is 6.04 Å². The quantitative estimate of drug-likeness (QED) is 0.719. The Morgan fingerprint density at radius 2 is 1.95 bits per heavy atom. The zero-order valence-electron chi connectivity index (χ0n) is 13.5. The Morgan fingerprint density at radius 1 is 1.24 bits per heavy atom. The van der Waals surface area contributed by atoms with Crippen molar-refractivity contribution in [1.82, 2.24) is 4.90 Å². The van der Waals surface area contributed by atoms with Crippen LogP contribution in [0.5, 0.6) is 0 Å². The van der Waals surface area contributed by atoms with Gasteiger partial charge in [0.2, 0.25) is 0 Å². The number of benzene rings is 1. The molecule has 2 rings (SSSR count). The molecule has 2 atom stereocenters. The lowest BCUT2D eigenvalue weighted by atomic mass is 10.0. The molecule has 2 unspecified atom stereocenters. The van der Waals surface area contributed by atoms with Gasteiger partial charge in [0.15, 0.2) is 0 Å². The molecule has 0 radical (unpaired) electrons. The smallest absolute Gasteiger partial charge is 0.0589 e. The number of hydrogen-bond acceptors (Lipinski definition) is 3. The van der Waals surface area contributed by atoms with E-state index in [4.69, 9.17) is 10.5 Å². The second-order valence-electron chi connectivity index (χ2n) is 6.27. The van der Waals surface area contributed by atoms with E-state index < -0.39 is 0 Å². The Kier molecular flexibility index (Phi) is 6.68. The van der Waals surface area contributed by atoms with E-state index >= 15 is 0 Å². The molecule has 3 nitrogen and oxygen atoms in total. The van der Waals surface area contributed by atoms with Gasteiger partial charge >= 0.3 is 0 Å². The molecule has 0 aromatic heterocycles. The first-order valence-corrected chi connectivity index (χ1v) is 8.26. The monoisotopic (exact) mass is 290 g/mol. The molecule has 1 aliphatic carbocycles. The summed E-state index contributed by atoms with van der Waals surface area (Å²) in [5, 5.41) is 0. The average molecular weight is 290 g/mol. The predicted molar refractivity (Wildman–Crippen MR) is 88.2 cm³/mol. The number of rotatable bonds is 10. The molecule has 1 fully saturated rings. The lowest BCUT2D eigenvalue weighted by Gasteiger charge is -2.29. The zero-order chi connectivity index (χ0) is 15.1. The predicted octanol–water partition coefficient (Wildman–Crippen LogP) is 3.21. The van der Waals surface area contributed by atoms with Crippen LogP contribution >= 0.6 is 0 Å². The third-order valence-corrected chi connectivity index (χ3v) is 4.65. The summed E-state index contributed by atoms with van der Waals surface area (Å²) in [5.41, 5.74) is 7.53. The number of hydrogen-bond donors (Lipinski definition) is 1. The minimum atomic E-state index is 0.159. The molecule has 118 valence electrons. The van der Waals surface area contributed by atoms with Crippen LogP contribution < -0.4 is 5.73 Å². The lowest BCUT2D eigenvalue weighted by molar-refractivity contribution is 0.115. The third kappa shape index (κ3) is 5.42. The van der Waals surface area contributed by atoms with E-state index in [1.54, 1.807) is 7.11 Å². The van der Waals surface area contributed by atoms with Crippen molar-refractivity contribution in [3.63, 3.8) is 0 Å². The topological polar surface area (TPSA) is 38.5 Å². The summed E-state index contributed by atoms with van der Waals surface area (Å²) in [6, 6.07) is 11.3. The van der Waals surface area contributed by atoms with E-state index in [0.717, 1.165) is 38.5 Å². The Bertz CT molecular complexity index is 391. The lowest BCUT2D eigenvalue weighted by Crippen LogP contribution is -2.38. The van der Waals surface area contributed by atoms with Crippen molar-refractivity contribution in [2.75, 3.05) is 26.8 Å². The summed E-state index contributed by atoms with van der Waals surface area (Å²) in [7, 11) is 1.78. The van der Waals surface area contributed by atoms with Gasteiger partial charge in [-0.1, -0.05) is 30.3 Å². The molecule has 0 aliphatic heterocycles. The van der Waals surface area contributed by atoms with Gasteiger partial charge in [-0.15, -0.1) is 0 Å². The highest BCUT2D eigenvalue weighted by atomic mass is 16.5. The average Bonchev–Trinajstić information content (AvgIpc) is 3.35. The second kappa shape index (κ2) is 8.52. The van der Waals surface area contributed by atoms with Gasteiger partial charge in [0.25, 0.3) is 0 Å². The van der Waals surface area contributed by atoms with Crippen molar-refractivity contribution < 1.29 is 4.74 Å². The van der Waals surface area contributed by atoms with E-state index in [1.807, 2.05) is 6.07 Å². The molecule has 0 amide bonds. The number of nitrogens with two attached hydrogens (primary N) is 1. The normalized spacial score (nSPS) is 17.9. The Morgan fingerprint density at radius 3 is 2.57 bits per heavy atom. The molecule has 1 saturated carbocycles. The van der Waals surface area contributed by atoms with Crippen LogP contribution in [-0.4, -0.2) is 37.7 Å². The summed E-state index contributed by atoms with van der Waals surface area (Å²) in [5.74, 6) is 0.907. The molecule has 0 bridgehead atoms. The largest absolute Gasteiger partial charge is 0.383 e. The van der Waals surface area contributed by atoms with Crippen LogP contribution in [0.4, 0.5) is 0 Å². The summed E-state index contributed by atoms with van der Waals surface area (Å²) in [6.07, 6.45) is 4.99. The first-order valence-electron chi connectivity index (χ1n) is 8.26. The first kappa shape index (κ1) is 16.5. The van der Waals surface area contributed by atoms with Gasteiger partial charge in [0.1, 0.15) is 0 Å². The second-order valence-corrected chi connectivity index (χ2v) is 6.27. The molecule has 0 saturated heterocycles. The summed E-state index contributed by atoms with van der Waals surface area (Å²) in [4.78, 5) is 2.58. The van der Waals surface area contributed by atoms with Crippen molar-refractivity contribution in [2.24, 2.45) is 11.7 Å². The standard InChI is InChI=1S/C18H30N2O/c1-15(16-10-11-16)20(13-14-21-2)12-6-9-18(19)17-7-4-3-5-8-17/h3-5,7-8,15-16,18H,6,9-14,19H2,1-2H3. The highest BCUT2D eigenvalue weighted by Crippen LogP contribution is 2.35. The first-order chi connectivity index (χ1) is 10.2. The highest BCUT2D eigenvalue weighted by Gasteiger charge is 2.31. The van der Waals surface area contributed by atoms with Crippen molar-refractivity contribution in [2.45, 2.75) is 44.7 Å². The molecule has 1 aromatic carbocycles. The fourth-order valence-corrected chi connectivity index (χ4v) is 2.99. The van der Waals surface area contributed by atoms with Crippen molar-refractivity contribution in [1.29, 1.82) is 0 Å². The van der Waals surface area contributed by atoms with E-state index in [1.165, 1.54) is 18.4 Å². The van der Waals surface area contributed by atoms with Crippen LogP contribution in [0.3, 0.4) is 0 Å². The van der Waals surface area contributed by atoms with Gasteiger partial charge in [-0.2, -0.15) is 0 Å². The highest BCUT2D eigenvalue weighted by molar-refractivity contribution is 5.18. The van der Waals surface area contributed by atoms with Crippen LogP contribution in [0.25, 0.3) is 0 Å². The van der Waals surface area contributed by atoms with Crippen molar-refractivity contribution in [3.05, 3.63) is 35.9 Å². The van der Waals surface area contributed by atoms with Gasteiger partial charge in [-0.05, 0) is 50.6 Å². The van der Waals surface area contributed by atoms with E-state index in [-0.39, 0.29) is 6.04 Å². The fourth-order valence-electron chi connectivity index (χ4n) is 2.99. The van der Waals surface area contributed by atoms with E-state index in [2.05, 4.69) is 36.1 Å². The maximum Gasteiger partial charge on any atom is 0.0589 e. The molecule has 0 spiro atoms. The summed E-state index contributed by atoms with van der Waals surface area (Å²) >= 11 is 0. The van der Waals surface area contributed by atoms with E-state index in [9.17, 15) is 0 Å². The molecule has 3 heteroatoms. The SMILES string of the molecule is COCCN(CCCC(N)c1ccccc1)C(C)C1CC1. The fraction of sp³-hybridized carbons (Fsp3) is 0.667. The Labute approximate surface area is 129 Å². The minimum absolute atomic E-state index is 0.159. The zero-order valence-corrected chi connectivity index (χ0v) is 13.5. The van der Waals surface area contributed by atoms with Gasteiger partial charge in [-0.3, -0.25) is 4.90 Å². The van der Waals surface area contributed by atoms with Crippen LogP contribution in [0.2, 0.25) is 0 Å². The molecule has 1 aliphatic rings. The third-order valence-electron chi connectivity index (χ3n) is 4.65. The maximum atomic E-state index is 6.29. The summed E-state index contributed by atoms with van der Waals surface area (Å²) < 4.78 is 5.25. The number of ether oxygens (including phenoxy) is 1. The van der Waals surface area contributed by atoms with Gasteiger partial charge in [-0.25, -0.2) is 0 Å². The molecular weight excluding hydrogens is 260 g/mol. The summed E-state index contributed by atoms with van der Waals surface area (Å²) in [6.45, 7) is 5.35. The van der Waals surface area contributed by atoms with Gasteiger partial charge in [0, 0.05) is 25.7 Å². The molecule has 2 N–H and O–H groups in total. The maximum absolute atomic E-state index is 6.29. The van der Waals surface area contributed by atoms with Crippen LogP contribution in [0.15, 0.2) is 30.3 Å². The van der Waals surface area contributed by atoms with Crippen LogP contribution in [-0.2, 0) is 4.74 Å². The Hall–Kier alpha value is -0.900. The van der Waals surface area contributed by atoms with Crippen molar-refractivity contribution >= 4 is 0 Å².